The fourth-order valence-corrected chi connectivity index (χ4v) is 1.26. The Labute approximate surface area is 85.4 Å². The minimum atomic E-state index is -4.40. The Morgan fingerprint density at radius 3 is 2.47 bits per heavy atom. The van der Waals surface area contributed by atoms with E-state index in [0.29, 0.717) is 5.70 Å². The molecule has 2 nitrogen and oxygen atoms in total. The Morgan fingerprint density at radius 1 is 1.47 bits per heavy atom. The molecule has 5 heteroatoms. The molecule has 0 aliphatic heterocycles. The van der Waals surface area contributed by atoms with E-state index in [4.69, 9.17) is 0 Å². The average molecular weight is 216 g/mol. The number of hydrogen-bond acceptors (Lipinski definition) is 1. The molecule has 0 aliphatic carbocycles. The summed E-state index contributed by atoms with van der Waals surface area (Å²) in [4.78, 5) is 3.64. The molecule has 0 atom stereocenters. The molecule has 0 spiro atoms. The molecule has 15 heavy (non-hydrogen) atoms. The molecule has 0 saturated carbocycles. The van der Waals surface area contributed by atoms with Gasteiger partial charge in [0.05, 0.1) is 5.56 Å². The lowest BCUT2D eigenvalue weighted by Gasteiger charge is -2.12. The molecule has 0 fully saturated rings. The van der Waals surface area contributed by atoms with Crippen LogP contribution in [0.1, 0.15) is 12.5 Å². The second-order valence-corrected chi connectivity index (χ2v) is 3.07. The van der Waals surface area contributed by atoms with Gasteiger partial charge in [-0.05, 0) is 19.1 Å². The molecule has 0 aliphatic rings. The third-order valence-electron chi connectivity index (χ3n) is 1.90. The van der Waals surface area contributed by atoms with Crippen molar-refractivity contribution in [1.82, 2.24) is 4.57 Å². The monoisotopic (exact) mass is 216 g/mol. The summed E-state index contributed by atoms with van der Waals surface area (Å²) in [6, 6.07) is 2.33. The standard InChI is InChI=1S/C10H11F3N2/c1-7(2)15-6-4-5-8(9(15)14-3)10(11,12)13/h4-6H,1H2,2-3H3. The summed E-state index contributed by atoms with van der Waals surface area (Å²) in [6.07, 6.45) is -2.90. The average Bonchev–Trinajstić information content (AvgIpc) is 2.15. The van der Waals surface area contributed by atoms with Crippen molar-refractivity contribution in [2.45, 2.75) is 13.1 Å². The summed E-state index contributed by atoms with van der Waals surface area (Å²) in [5.41, 5.74) is -0.394. The maximum Gasteiger partial charge on any atom is 0.419 e. The number of halogens is 3. The molecule has 0 saturated heterocycles. The van der Waals surface area contributed by atoms with E-state index in [0.717, 1.165) is 6.07 Å². The molecule has 0 radical (unpaired) electrons. The van der Waals surface area contributed by atoms with E-state index in [2.05, 4.69) is 11.6 Å². The normalized spacial score (nSPS) is 13.0. The van der Waals surface area contributed by atoms with Crippen molar-refractivity contribution in [3.63, 3.8) is 0 Å². The van der Waals surface area contributed by atoms with Gasteiger partial charge in [-0.2, -0.15) is 13.2 Å². The maximum atomic E-state index is 12.6. The van der Waals surface area contributed by atoms with Crippen molar-refractivity contribution >= 4 is 5.70 Å². The highest BCUT2D eigenvalue weighted by Crippen LogP contribution is 2.26. The molecule has 0 bridgehead atoms. The van der Waals surface area contributed by atoms with Crippen molar-refractivity contribution < 1.29 is 13.2 Å². The van der Waals surface area contributed by atoms with Crippen LogP contribution in [-0.2, 0) is 6.18 Å². The number of hydrogen-bond donors (Lipinski definition) is 0. The molecule has 1 aromatic heterocycles. The van der Waals surface area contributed by atoms with Crippen LogP contribution >= 0.6 is 0 Å². The van der Waals surface area contributed by atoms with Gasteiger partial charge in [-0.15, -0.1) is 0 Å². The third kappa shape index (κ3) is 2.29. The number of rotatable bonds is 1. The Kier molecular flexibility index (Phi) is 3.02. The van der Waals surface area contributed by atoms with Gasteiger partial charge in [0.1, 0.15) is 5.49 Å². The predicted octanol–water partition coefficient (Wildman–Crippen LogP) is 2.53. The van der Waals surface area contributed by atoms with Gasteiger partial charge in [-0.25, -0.2) is 0 Å². The first-order valence-corrected chi connectivity index (χ1v) is 4.25. The van der Waals surface area contributed by atoms with E-state index in [1.165, 1.54) is 23.9 Å². The second kappa shape index (κ2) is 3.92. The van der Waals surface area contributed by atoms with Crippen LogP contribution in [0, 0.1) is 0 Å². The van der Waals surface area contributed by atoms with Crippen LogP contribution in [0.5, 0.6) is 0 Å². The minimum Gasteiger partial charge on any atom is -0.306 e. The van der Waals surface area contributed by atoms with E-state index in [1.54, 1.807) is 6.92 Å². The lowest BCUT2D eigenvalue weighted by Crippen LogP contribution is -2.28. The summed E-state index contributed by atoms with van der Waals surface area (Å²) in [7, 11) is 1.32. The highest BCUT2D eigenvalue weighted by molar-refractivity contribution is 5.38. The smallest absolute Gasteiger partial charge is 0.306 e. The van der Waals surface area contributed by atoms with Gasteiger partial charge in [0.2, 0.25) is 0 Å². The Bertz CT molecular complexity index is 441. The van der Waals surface area contributed by atoms with Crippen molar-refractivity contribution in [1.29, 1.82) is 0 Å². The lowest BCUT2D eigenvalue weighted by molar-refractivity contribution is -0.139. The van der Waals surface area contributed by atoms with Crippen LogP contribution in [-0.4, -0.2) is 11.6 Å². The zero-order valence-electron chi connectivity index (χ0n) is 8.47. The molecule has 0 amide bonds. The van der Waals surface area contributed by atoms with Gasteiger partial charge in [0, 0.05) is 18.9 Å². The van der Waals surface area contributed by atoms with E-state index in [1.807, 2.05) is 0 Å². The summed E-state index contributed by atoms with van der Waals surface area (Å²) < 4.78 is 39.0. The number of pyridine rings is 1. The predicted molar refractivity (Wildman–Crippen MR) is 51.9 cm³/mol. The number of aromatic nitrogens is 1. The molecule has 82 valence electrons. The van der Waals surface area contributed by atoms with Gasteiger partial charge in [0.15, 0.2) is 0 Å². The Hall–Kier alpha value is -1.52. The molecule has 0 unspecified atom stereocenters. The molecule has 1 aromatic rings. The van der Waals surface area contributed by atoms with Crippen LogP contribution < -0.4 is 5.49 Å². The fourth-order valence-electron chi connectivity index (χ4n) is 1.26. The SMILES string of the molecule is C=C(C)n1cccc(C(F)(F)F)c1=NC. The third-order valence-corrected chi connectivity index (χ3v) is 1.90. The maximum absolute atomic E-state index is 12.6. The van der Waals surface area contributed by atoms with Gasteiger partial charge >= 0.3 is 6.18 Å². The molecule has 1 rings (SSSR count). The Balaban J connectivity index is 3.58. The van der Waals surface area contributed by atoms with Crippen LogP contribution in [0.4, 0.5) is 13.2 Å². The number of alkyl halides is 3. The largest absolute Gasteiger partial charge is 0.419 e. The first-order valence-electron chi connectivity index (χ1n) is 4.25. The second-order valence-electron chi connectivity index (χ2n) is 3.07. The van der Waals surface area contributed by atoms with Crippen LogP contribution in [0.3, 0.4) is 0 Å². The molecular formula is C10H11F3N2. The molecular weight excluding hydrogens is 205 g/mol. The lowest BCUT2D eigenvalue weighted by atomic mass is 10.2. The van der Waals surface area contributed by atoms with Gasteiger partial charge in [-0.3, -0.25) is 4.99 Å². The molecule has 1 heterocycles. The number of nitrogens with zero attached hydrogens (tertiary/aromatic N) is 2. The van der Waals surface area contributed by atoms with Crippen molar-refractivity contribution in [2.24, 2.45) is 4.99 Å². The number of allylic oxidation sites excluding steroid dienone is 1. The molecule has 0 N–H and O–H groups in total. The van der Waals surface area contributed by atoms with E-state index < -0.39 is 11.7 Å². The first-order chi connectivity index (χ1) is 6.88. The quantitative estimate of drug-likeness (QED) is 0.686. The minimum absolute atomic E-state index is 0.127. The summed E-state index contributed by atoms with van der Waals surface area (Å²) >= 11 is 0. The van der Waals surface area contributed by atoms with E-state index in [-0.39, 0.29) is 5.49 Å². The topological polar surface area (TPSA) is 17.3 Å². The van der Waals surface area contributed by atoms with E-state index in [9.17, 15) is 13.2 Å². The Morgan fingerprint density at radius 2 is 2.07 bits per heavy atom. The highest BCUT2D eigenvalue weighted by atomic mass is 19.4. The zero-order chi connectivity index (χ0) is 11.6. The van der Waals surface area contributed by atoms with Crippen molar-refractivity contribution in [2.75, 3.05) is 7.05 Å². The van der Waals surface area contributed by atoms with Gasteiger partial charge in [0.25, 0.3) is 0 Å². The van der Waals surface area contributed by atoms with Gasteiger partial charge in [-0.1, -0.05) is 6.58 Å². The van der Waals surface area contributed by atoms with Crippen molar-refractivity contribution in [3.8, 4) is 0 Å². The van der Waals surface area contributed by atoms with Crippen LogP contribution in [0.25, 0.3) is 5.70 Å². The van der Waals surface area contributed by atoms with Gasteiger partial charge < -0.3 is 4.57 Å². The van der Waals surface area contributed by atoms with Crippen molar-refractivity contribution in [3.05, 3.63) is 36.0 Å². The van der Waals surface area contributed by atoms with Crippen LogP contribution in [0.15, 0.2) is 29.9 Å². The summed E-state index contributed by atoms with van der Waals surface area (Å²) in [6.45, 7) is 5.21. The highest BCUT2D eigenvalue weighted by Gasteiger charge is 2.33. The van der Waals surface area contributed by atoms with Crippen LogP contribution in [0.2, 0.25) is 0 Å². The summed E-state index contributed by atoms with van der Waals surface area (Å²) in [5.74, 6) is 0. The zero-order valence-corrected chi connectivity index (χ0v) is 8.47. The molecule has 0 aromatic carbocycles. The van der Waals surface area contributed by atoms with E-state index >= 15 is 0 Å². The fraction of sp³-hybridized carbons (Fsp3) is 0.300. The summed E-state index contributed by atoms with van der Waals surface area (Å²) in [5, 5.41) is 0. The first kappa shape index (κ1) is 11.6.